The van der Waals surface area contributed by atoms with Crippen LogP contribution in [-0.2, 0) is 13.7 Å². The number of rotatable bonds is 5. The predicted octanol–water partition coefficient (Wildman–Crippen LogP) is -1.16. The van der Waals surface area contributed by atoms with Crippen LogP contribution in [0.15, 0.2) is 59.0 Å². The number of fused-ring (bicyclic) bond motifs is 1. The molecule has 0 saturated heterocycles. The third-order valence-corrected chi connectivity index (χ3v) is 3.81. The molecule has 3 rings (SSSR count). The topological polar surface area (TPSA) is 95.0 Å². The number of nitrogens with two attached hydrogens (primary N) is 2. The van der Waals surface area contributed by atoms with Crippen molar-refractivity contribution in [2.24, 2.45) is 28.7 Å². The minimum Gasteiger partial charge on any atom is -1.00 e. The van der Waals surface area contributed by atoms with Crippen LogP contribution in [0.4, 0.5) is 0 Å². The minimum atomic E-state index is -0.0702. The maximum absolute atomic E-state index is 5.88. The highest BCUT2D eigenvalue weighted by Gasteiger charge is 2.14. The van der Waals surface area contributed by atoms with Crippen molar-refractivity contribution in [1.29, 1.82) is 0 Å². The van der Waals surface area contributed by atoms with E-state index in [-0.39, 0.29) is 39.9 Å². The van der Waals surface area contributed by atoms with Crippen molar-refractivity contribution in [3.05, 3.63) is 65.6 Å². The summed E-state index contributed by atoms with van der Waals surface area (Å²) in [6.45, 7) is 2.56. The zero-order valence-electron chi connectivity index (χ0n) is 15.0. The molecule has 0 fully saturated rings. The van der Waals surface area contributed by atoms with Crippen molar-refractivity contribution in [3.63, 3.8) is 0 Å². The highest BCUT2D eigenvalue weighted by atomic mass is 79.9. The van der Waals surface area contributed by atoms with Crippen LogP contribution in [-0.4, -0.2) is 16.7 Å². The van der Waals surface area contributed by atoms with Gasteiger partial charge < -0.3 is 33.2 Å². The first-order chi connectivity index (χ1) is 12.0. The van der Waals surface area contributed by atoms with Gasteiger partial charge in [0, 0.05) is 6.07 Å². The lowest BCUT2D eigenvalue weighted by atomic mass is 10.2. The average Bonchev–Trinajstić information content (AvgIpc) is 2.89. The van der Waals surface area contributed by atoms with Gasteiger partial charge in [-0.05, 0) is 48.4 Å². The molecule has 0 aliphatic carbocycles. The van der Waals surface area contributed by atoms with Gasteiger partial charge in [0.25, 0.3) is 5.65 Å². The fourth-order valence-electron chi connectivity index (χ4n) is 2.51. The number of ether oxygens (including phenoxy) is 1. The van der Waals surface area contributed by atoms with Crippen LogP contribution in [0.1, 0.15) is 16.8 Å². The van der Waals surface area contributed by atoms with Crippen molar-refractivity contribution in [3.8, 4) is 5.75 Å². The Bertz CT molecular complexity index is 946. The second-order valence-corrected chi connectivity index (χ2v) is 5.78. The second kappa shape index (κ2) is 10.1. The number of nitrogens with zero attached hydrogens (tertiary/aromatic N) is 4. The predicted molar refractivity (Wildman–Crippen MR) is 108 cm³/mol. The van der Waals surface area contributed by atoms with Crippen LogP contribution < -0.4 is 37.6 Å². The van der Waals surface area contributed by atoms with Gasteiger partial charge in [-0.2, -0.15) is 5.10 Å². The van der Waals surface area contributed by atoms with Gasteiger partial charge in [0.05, 0.1) is 19.5 Å². The largest absolute Gasteiger partial charge is 1.00 e. The monoisotopic (exact) mass is 496 g/mol. The van der Waals surface area contributed by atoms with Gasteiger partial charge in [0.2, 0.25) is 5.96 Å². The number of hydrogen-bond donors (Lipinski definition) is 2. The molecule has 1 aromatic carbocycles. The summed E-state index contributed by atoms with van der Waals surface area (Å²) in [4.78, 5) is 0. The van der Waals surface area contributed by atoms with Crippen LogP contribution in [0.2, 0.25) is 0 Å². The molecule has 0 unspecified atom stereocenters. The summed E-state index contributed by atoms with van der Waals surface area (Å²) in [6.07, 6.45) is 5.76. The van der Waals surface area contributed by atoms with Crippen LogP contribution in [0.25, 0.3) is 5.65 Å². The Labute approximate surface area is 178 Å². The smallest absolute Gasteiger partial charge is 0.286 e. The SMILES string of the molecule is Br.Cc1ccc2n(C)c(COc3ccc(/C=N/N=C(N)N)cc3)c[n+]2c1.[Br-]. The lowest BCUT2D eigenvalue weighted by Gasteiger charge is -2.04. The summed E-state index contributed by atoms with van der Waals surface area (Å²) < 4.78 is 10.1. The molecule has 0 atom stereocenters. The van der Waals surface area contributed by atoms with E-state index >= 15 is 0 Å². The summed E-state index contributed by atoms with van der Waals surface area (Å²) in [5.74, 6) is 0.713. The standard InChI is InChI=1S/C18H21N6O.2BrH/c1-13-3-8-17-23(2)15(11-24(17)10-13)12-25-16-6-4-14(5-7-16)9-21-22-18(19)20;;/h3-11H,12H2,1-2H3,(H4,19,20,22);2*1H/q+1;;/p-1/b21-9+;;. The van der Waals surface area contributed by atoms with Gasteiger partial charge in [-0.25, -0.2) is 8.97 Å². The molecule has 0 aliphatic rings. The third-order valence-electron chi connectivity index (χ3n) is 3.81. The maximum Gasteiger partial charge on any atom is 0.286 e. The van der Waals surface area contributed by atoms with E-state index in [4.69, 9.17) is 16.2 Å². The molecule has 3 aromatic rings. The molecule has 0 bridgehead atoms. The molecule has 0 aliphatic heterocycles. The molecule has 9 heteroatoms. The summed E-state index contributed by atoms with van der Waals surface area (Å²) in [7, 11) is 2.03. The van der Waals surface area contributed by atoms with Crippen molar-refractivity contribution < 1.29 is 26.1 Å². The Morgan fingerprint density at radius 2 is 1.85 bits per heavy atom. The zero-order valence-corrected chi connectivity index (χ0v) is 18.3. The highest BCUT2D eigenvalue weighted by molar-refractivity contribution is 8.93. The first kappa shape index (κ1) is 22.7. The van der Waals surface area contributed by atoms with Crippen LogP contribution in [0, 0.1) is 6.92 Å². The van der Waals surface area contributed by atoms with Crippen molar-refractivity contribution in [1.82, 2.24) is 4.57 Å². The number of guanidine groups is 1. The fourth-order valence-corrected chi connectivity index (χ4v) is 2.51. The van der Waals surface area contributed by atoms with Gasteiger partial charge >= 0.3 is 0 Å². The van der Waals surface area contributed by atoms with E-state index in [2.05, 4.69) is 50.6 Å². The normalized spacial score (nSPS) is 10.3. The Morgan fingerprint density at radius 1 is 1.15 bits per heavy atom. The molecule has 2 heterocycles. The molecular weight excluding hydrogens is 476 g/mol. The molecule has 27 heavy (non-hydrogen) atoms. The highest BCUT2D eigenvalue weighted by Crippen LogP contribution is 2.14. The van der Waals surface area contributed by atoms with E-state index in [9.17, 15) is 0 Å². The quantitative estimate of drug-likeness (QED) is 0.201. The Kier molecular flexibility index (Phi) is 8.45. The Morgan fingerprint density at radius 3 is 2.52 bits per heavy atom. The van der Waals surface area contributed by atoms with Gasteiger partial charge in [0.1, 0.15) is 11.9 Å². The number of aryl methyl sites for hydroxylation is 2. The number of benzene rings is 1. The first-order valence-electron chi connectivity index (χ1n) is 7.84. The minimum absolute atomic E-state index is 0. The van der Waals surface area contributed by atoms with Gasteiger partial charge in [-0.1, -0.05) is 0 Å². The van der Waals surface area contributed by atoms with Crippen LogP contribution in [0.3, 0.4) is 0 Å². The van der Waals surface area contributed by atoms with Gasteiger partial charge in [-0.3, -0.25) is 0 Å². The fraction of sp³-hybridized carbons (Fsp3) is 0.167. The molecule has 7 nitrogen and oxygen atoms in total. The molecule has 0 amide bonds. The van der Waals surface area contributed by atoms with Crippen molar-refractivity contribution >= 4 is 34.8 Å². The lowest BCUT2D eigenvalue weighted by molar-refractivity contribution is -0.511. The number of halogens is 2. The summed E-state index contributed by atoms with van der Waals surface area (Å²) >= 11 is 0. The first-order valence-corrected chi connectivity index (χ1v) is 7.84. The summed E-state index contributed by atoms with van der Waals surface area (Å²) in [5.41, 5.74) is 14.7. The van der Waals surface area contributed by atoms with E-state index in [1.165, 1.54) is 5.56 Å². The average molecular weight is 498 g/mol. The number of aromatic nitrogens is 2. The number of imidazole rings is 1. The van der Waals surface area contributed by atoms with Crippen molar-refractivity contribution in [2.45, 2.75) is 13.5 Å². The lowest BCUT2D eigenvalue weighted by Crippen LogP contribution is -3.00. The van der Waals surface area contributed by atoms with E-state index < -0.39 is 0 Å². The molecule has 144 valence electrons. The number of pyridine rings is 1. The summed E-state index contributed by atoms with van der Waals surface area (Å²) in [5, 5.41) is 7.33. The Balaban J connectivity index is 0.00000182. The van der Waals surface area contributed by atoms with E-state index in [1.54, 1.807) is 6.21 Å². The molecule has 0 saturated carbocycles. The second-order valence-electron chi connectivity index (χ2n) is 5.78. The molecule has 4 N–H and O–H groups in total. The molecule has 2 aromatic heterocycles. The Hall–Kier alpha value is -2.39. The maximum atomic E-state index is 5.88. The van der Waals surface area contributed by atoms with E-state index in [0.717, 1.165) is 22.7 Å². The summed E-state index contributed by atoms with van der Waals surface area (Å²) in [6, 6.07) is 11.8. The van der Waals surface area contributed by atoms with Gasteiger partial charge in [0.15, 0.2) is 12.3 Å². The van der Waals surface area contributed by atoms with E-state index in [0.29, 0.717) is 6.61 Å². The zero-order chi connectivity index (χ0) is 17.8. The molecular formula is C18H22Br2N6O. The third kappa shape index (κ3) is 5.80. The van der Waals surface area contributed by atoms with E-state index in [1.807, 2.05) is 31.3 Å². The molecule has 0 radical (unpaired) electrons. The molecule has 0 spiro atoms. The van der Waals surface area contributed by atoms with Crippen LogP contribution >= 0.6 is 17.0 Å². The van der Waals surface area contributed by atoms with Crippen LogP contribution in [0.5, 0.6) is 5.75 Å². The van der Waals surface area contributed by atoms with Gasteiger partial charge in [-0.15, -0.1) is 22.1 Å². The number of hydrogen-bond acceptors (Lipinski definition) is 3. The van der Waals surface area contributed by atoms with Crippen molar-refractivity contribution in [2.75, 3.05) is 0 Å².